The van der Waals surface area contributed by atoms with Crippen molar-refractivity contribution in [3.63, 3.8) is 0 Å². The van der Waals surface area contributed by atoms with Crippen LogP contribution in [0.5, 0.6) is 0 Å². The molecule has 4 N–H and O–H groups in total. The highest BCUT2D eigenvalue weighted by molar-refractivity contribution is 5.20. The first-order valence-corrected chi connectivity index (χ1v) is 13.9. The summed E-state index contributed by atoms with van der Waals surface area (Å²) >= 11 is 0. The average Bonchev–Trinajstić information content (AvgIpc) is 3.12. The van der Waals surface area contributed by atoms with Gasteiger partial charge in [-0.3, -0.25) is 0 Å². The smallest absolute Gasteiger partial charge is 0.0745 e. The summed E-state index contributed by atoms with van der Waals surface area (Å²) in [6.07, 6.45) is 6.72. The predicted octanol–water partition coefficient (Wildman–Crippen LogP) is 5.47. The van der Waals surface area contributed by atoms with Crippen molar-refractivity contribution in [1.29, 1.82) is 0 Å². The Labute approximate surface area is 208 Å². The van der Waals surface area contributed by atoms with Gasteiger partial charge in [0.1, 0.15) is 0 Å². The Morgan fingerprint density at radius 3 is 2.21 bits per heavy atom. The van der Waals surface area contributed by atoms with Gasteiger partial charge >= 0.3 is 0 Å². The van der Waals surface area contributed by atoms with Crippen LogP contribution < -0.4 is 0 Å². The third-order valence-corrected chi connectivity index (χ3v) is 12.7. The van der Waals surface area contributed by atoms with Crippen LogP contribution in [0.1, 0.15) is 106 Å². The maximum atomic E-state index is 11.8. The fourth-order valence-corrected chi connectivity index (χ4v) is 10.3. The zero-order valence-electron chi connectivity index (χ0n) is 22.9. The second-order valence-corrected chi connectivity index (χ2v) is 14.6. The molecule has 0 aromatic rings. The third-order valence-electron chi connectivity index (χ3n) is 12.7. The molecule has 0 spiro atoms. The van der Waals surface area contributed by atoms with Gasteiger partial charge in [-0.2, -0.15) is 0 Å². The maximum absolute atomic E-state index is 11.8. The molecule has 0 unspecified atom stereocenters. The van der Waals surface area contributed by atoms with Gasteiger partial charge in [-0.05, 0) is 117 Å². The van der Waals surface area contributed by atoms with Gasteiger partial charge in [0.25, 0.3) is 0 Å². The number of hydrogen-bond donors (Lipinski definition) is 4. The Morgan fingerprint density at radius 2 is 1.59 bits per heavy atom. The van der Waals surface area contributed by atoms with Crippen LogP contribution in [-0.4, -0.2) is 44.3 Å². The first-order chi connectivity index (χ1) is 15.5. The highest BCUT2D eigenvalue weighted by Gasteiger charge is 2.71. The van der Waals surface area contributed by atoms with E-state index in [1.807, 2.05) is 13.8 Å². The van der Waals surface area contributed by atoms with Crippen molar-refractivity contribution in [1.82, 2.24) is 0 Å². The summed E-state index contributed by atoms with van der Waals surface area (Å²) in [6.45, 7) is 19.5. The molecule has 0 aromatic heterocycles. The number of aliphatic hydroxyl groups is 4. The average molecular weight is 477 g/mol. The molecule has 196 valence electrons. The van der Waals surface area contributed by atoms with Crippen molar-refractivity contribution in [2.24, 2.45) is 45.3 Å². The largest absolute Gasteiger partial charge is 0.393 e. The summed E-state index contributed by atoms with van der Waals surface area (Å²) in [7, 11) is 0. The second kappa shape index (κ2) is 8.30. The monoisotopic (exact) mass is 476 g/mol. The Kier molecular flexibility index (Phi) is 6.50. The molecule has 0 aliphatic heterocycles. The topological polar surface area (TPSA) is 80.9 Å². The van der Waals surface area contributed by atoms with Gasteiger partial charge in [0.15, 0.2) is 0 Å². The van der Waals surface area contributed by atoms with E-state index in [-0.39, 0.29) is 39.6 Å². The maximum Gasteiger partial charge on any atom is 0.0745 e. The molecule has 0 heterocycles. The molecule has 0 bridgehead atoms. The molecule has 4 heteroatoms. The van der Waals surface area contributed by atoms with E-state index in [2.05, 4.69) is 41.2 Å². The Balaban J connectivity index is 1.64. The lowest BCUT2D eigenvalue weighted by Crippen LogP contribution is -2.66. The standard InChI is InChI=1S/C30H52O4/c1-18(2)20(31)10-16-30(8,34)19-9-14-29(7)25(19)21(32)17-23-27(5)13-12-24(33)26(3,4)22(27)11-15-28(23,29)6/h19-25,31-34H,1,9-17H2,2-8H3/t19-,20-,21+,22-,23+,24+,25-,27-,28+,29+,30-/m0/s1. The van der Waals surface area contributed by atoms with Crippen molar-refractivity contribution in [3.05, 3.63) is 12.2 Å². The summed E-state index contributed by atoms with van der Waals surface area (Å²) < 4.78 is 0. The van der Waals surface area contributed by atoms with E-state index in [9.17, 15) is 20.4 Å². The van der Waals surface area contributed by atoms with Gasteiger partial charge in [-0.25, -0.2) is 0 Å². The molecule has 34 heavy (non-hydrogen) atoms. The minimum Gasteiger partial charge on any atom is -0.393 e. The second-order valence-electron chi connectivity index (χ2n) is 14.6. The van der Waals surface area contributed by atoms with E-state index in [1.165, 1.54) is 0 Å². The van der Waals surface area contributed by atoms with Gasteiger partial charge in [-0.15, -0.1) is 0 Å². The van der Waals surface area contributed by atoms with Gasteiger partial charge in [0.05, 0.1) is 23.9 Å². The quantitative estimate of drug-likeness (QED) is 0.397. The van der Waals surface area contributed by atoms with E-state index in [1.54, 1.807) is 0 Å². The van der Waals surface area contributed by atoms with Crippen molar-refractivity contribution < 1.29 is 20.4 Å². The van der Waals surface area contributed by atoms with Crippen LogP contribution in [0.2, 0.25) is 0 Å². The van der Waals surface area contributed by atoms with Crippen LogP contribution in [0, 0.1) is 45.3 Å². The minimum absolute atomic E-state index is 0.0227. The highest BCUT2D eigenvalue weighted by atomic mass is 16.3. The minimum atomic E-state index is -0.916. The van der Waals surface area contributed by atoms with E-state index in [4.69, 9.17) is 0 Å². The van der Waals surface area contributed by atoms with Crippen LogP contribution in [-0.2, 0) is 0 Å². The lowest BCUT2D eigenvalue weighted by molar-refractivity contribution is -0.246. The summed E-state index contributed by atoms with van der Waals surface area (Å²) in [5.74, 6) is 1.01. The lowest BCUT2D eigenvalue weighted by atomic mass is 9.35. The predicted molar refractivity (Wildman–Crippen MR) is 137 cm³/mol. The first-order valence-electron chi connectivity index (χ1n) is 13.9. The van der Waals surface area contributed by atoms with Gasteiger partial charge in [0, 0.05) is 0 Å². The Bertz CT molecular complexity index is 804. The normalized spacial score (nSPS) is 50.4. The number of aliphatic hydroxyl groups excluding tert-OH is 3. The molecule has 0 amide bonds. The zero-order chi connectivity index (χ0) is 25.5. The summed E-state index contributed by atoms with van der Waals surface area (Å²) in [6, 6.07) is 0. The van der Waals surface area contributed by atoms with Gasteiger partial charge in [-0.1, -0.05) is 46.8 Å². The fourth-order valence-electron chi connectivity index (χ4n) is 10.3. The molecular weight excluding hydrogens is 424 g/mol. The molecule has 0 aromatic carbocycles. The molecule has 4 nitrogen and oxygen atoms in total. The van der Waals surface area contributed by atoms with E-state index < -0.39 is 17.8 Å². The number of fused-ring (bicyclic) bond motifs is 5. The SMILES string of the molecule is C=C(C)[C@@H](O)CC[C@](C)(O)[C@H]1CC[C@]2(C)[C@@H]1[C@H](O)C[C@@H]1[C@@]3(C)CC[C@@H](O)C(C)(C)[C@@H]3CC[C@]12C. The number of hydrogen-bond acceptors (Lipinski definition) is 4. The van der Waals surface area contributed by atoms with Crippen LogP contribution in [0.25, 0.3) is 0 Å². The Hall–Kier alpha value is -0.420. The van der Waals surface area contributed by atoms with E-state index in [0.717, 1.165) is 50.5 Å². The van der Waals surface area contributed by atoms with Crippen LogP contribution in [0.15, 0.2) is 12.2 Å². The van der Waals surface area contributed by atoms with Crippen molar-refractivity contribution in [2.45, 2.75) is 130 Å². The van der Waals surface area contributed by atoms with Crippen molar-refractivity contribution >= 4 is 0 Å². The van der Waals surface area contributed by atoms with Crippen molar-refractivity contribution in [2.75, 3.05) is 0 Å². The lowest BCUT2D eigenvalue weighted by Gasteiger charge is -2.70. The summed E-state index contributed by atoms with van der Waals surface area (Å²) in [5.41, 5.74) is -0.0556. The van der Waals surface area contributed by atoms with Gasteiger partial charge in [0.2, 0.25) is 0 Å². The van der Waals surface area contributed by atoms with Gasteiger partial charge < -0.3 is 20.4 Å². The van der Waals surface area contributed by atoms with Crippen molar-refractivity contribution in [3.8, 4) is 0 Å². The number of rotatable bonds is 5. The van der Waals surface area contributed by atoms with E-state index in [0.29, 0.717) is 24.7 Å². The fraction of sp³-hybridized carbons (Fsp3) is 0.933. The molecule has 0 saturated heterocycles. The molecule has 11 atom stereocenters. The molecule has 4 rings (SSSR count). The van der Waals surface area contributed by atoms with E-state index >= 15 is 0 Å². The molecule has 4 saturated carbocycles. The summed E-state index contributed by atoms with van der Waals surface area (Å²) in [5, 5.41) is 44.5. The molecule has 4 aliphatic rings. The third kappa shape index (κ3) is 3.60. The molecule has 4 aliphatic carbocycles. The zero-order valence-corrected chi connectivity index (χ0v) is 22.9. The van der Waals surface area contributed by atoms with Crippen LogP contribution >= 0.6 is 0 Å². The van der Waals surface area contributed by atoms with Crippen LogP contribution in [0.3, 0.4) is 0 Å². The molecular formula is C30H52O4. The first kappa shape index (κ1) is 26.6. The molecule has 4 fully saturated rings. The highest BCUT2D eigenvalue weighted by Crippen LogP contribution is 2.75. The molecule has 0 radical (unpaired) electrons. The van der Waals surface area contributed by atoms with Crippen LogP contribution in [0.4, 0.5) is 0 Å². The Morgan fingerprint density at radius 1 is 0.971 bits per heavy atom. The summed E-state index contributed by atoms with van der Waals surface area (Å²) in [4.78, 5) is 0.